The largest absolute Gasteiger partial charge is 0.302 e. The van der Waals surface area contributed by atoms with Gasteiger partial charge in [-0.3, -0.25) is 19.8 Å². The van der Waals surface area contributed by atoms with Crippen molar-refractivity contribution in [3.05, 3.63) is 63.9 Å². The fourth-order valence-electron chi connectivity index (χ4n) is 2.49. The molecule has 0 radical (unpaired) electrons. The summed E-state index contributed by atoms with van der Waals surface area (Å²) in [7, 11) is 0. The normalized spacial score (nSPS) is 17.5. The van der Waals surface area contributed by atoms with E-state index in [0.29, 0.717) is 15.1 Å². The second kappa shape index (κ2) is 6.25. The number of rotatable bonds is 2. The van der Waals surface area contributed by atoms with Crippen LogP contribution in [0, 0.1) is 11.6 Å². The average molecular weight is 398 g/mol. The maximum atomic E-state index is 13.9. The van der Waals surface area contributed by atoms with Crippen molar-refractivity contribution < 1.29 is 23.6 Å². The minimum absolute atomic E-state index is 0.308. The van der Waals surface area contributed by atoms with Crippen molar-refractivity contribution >= 4 is 27.7 Å². The first kappa shape index (κ1) is 16.5. The van der Waals surface area contributed by atoms with Gasteiger partial charge in [-0.1, -0.05) is 6.07 Å². The van der Waals surface area contributed by atoms with Gasteiger partial charge in [0.1, 0.15) is 23.7 Å². The fourth-order valence-corrected chi connectivity index (χ4v) is 2.87. The van der Waals surface area contributed by atoms with E-state index < -0.39 is 41.7 Å². The number of nitrogens with zero attached hydrogens (tertiary/aromatic N) is 3. The molecule has 1 N–H and O–H groups in total. The number of pyridine rings is 1. The van der Waals surface area contributed by atoms with Gasteiger partial charge in [-0.15, -0.1) is 0 Å². The number of carbonyl (C=O) groups excluding carboxylic acids is 2. The molecule has 1 aromatic carbocycles. The van der Waals surface area contributed by atoms with Crippen LogP contribution in [0.15, 0.2) is 41.1 Å². The smallest absolute Gasteiger partial charge is 0.267 e. The Bertz CT molecular complexity index is 813. The molecule has 24 heavy (non-hydrogen) atoms. The molecule has 2 aromatic rings. The van der Waals surface area contributed by atoms with Gasteiger partial charge in [-0.25, -0.2) is 8.78 Å². The highest BCUT2D eigenvalue weighted by molar-refractivity contribution is 9.10. The van der Waals surface area contributed by atoms with Crippen LogP contribution < -0.4 is 0 Å². The van der Waals surface area contributed by atoms with Gasteiger partial charge in [-0.2, -0.15) is 5.06 Å². The van der Waals surface area contributed by atoms with Gasteiger partial charge in [0.25, 0.3) is 11.8 Å². The van der Waals surface area contributed by atoms with Gasteiger partial charge in [0.2, 0.25) is 0 Å². The Hall–Kier alpha value is -2.39. The van der Waals surface area contributed by atoms with Crippen molar-refractivity contribution in [2.24, 2.45) is 0 Å². The van der Waals surface area contributed by atoms with Crippen molar-refractivity contribution in [1.82, 2.24) is 14.9 Å². The molecule has 2 heterocycles. The minimum Gasteiger partial charge on any atom is -0.302 e. The topological polar surface area (TPSA) is 73.7 Å². The third kappa shape index (κ3) is 2.76. The third-order valence-electron chi connectivity index (χ3n) is 3.55. The number of hydroxylamine groups is 2. The molecule has 1 aliphatic rings. The van der Waals surface area contributed by atoms with Crippen molar-refractivity contribution in [2.75, 3.05) is 6.54 Å². The zero-order chi connectivity index (χ0) is 17.4. The van der Waals surface area contributed by atoms with E-state index >= 15 is 0 Å². The molecule has 1 saturated heterocycles. The Labute approximate surface area is 143 Å². The number of amides is 2. The maximum absolute atomic E-state index is 13.9. The summed E-state index contributed by atoms with van der Waals surface area (Å²) >= 11 is 3.20. The number of halogens is 3. The SMILES string of the molecule is O=C1CN(C(=O)c2c(F)cccc2F)C(c2cncc(Br)c2)N1O. The first-order valence-electron chi connectivity index (χ1n) is 6.76. The molecule has 2 amide bonds. The third-order valence-corrected chi connectivity index (χ3v) is 3.98. The summed E-state index contributed by atoms with van der Waals surface area (Å²) in [6.45, 7) is -0.514. The lowest BCUT2D eigenvalue weighted by Gasteiger charge is -2.26. The Morgan fingerprint density at radius 2 is 1.96 bits per heavy atom. The molecule has 124 valence electrons. The van der Waals surface area contributed by atoms with E-state index in [1.807, 2.05) is 0 Å². The summed E-state index contributed by atoms with van der Waals surface area (Å²) in [5.74, 6) is -3.91. The Morgan fingerprint density at radius 3 is 2.58 bits per heavy atom. The van der Waals surface area contributed by atoms with Gasteiger partial charge in [0, 0.05) is 22.4 Å². The summed E-state index contributed by atoms with van der Waals surface area (Å²) in [4.78, 5) is 29.2. The number of carbonyl (C=O) groups is 2. The van der Waals surface area contributed by atoms with Crippen molar-refractivity contribution in [3.63, 3.8) is 0 Å². The lowest BCUT2D eigenvalue weighted by Crippen LogP contribution is -2.35. The van der Waals surface area contributed by atoms with Crippen LogP contribution in [0.2, 0.25) is 0 Å². The van der Waals surface area contributed by atoms with Crippen LogP contribution in [0.25, 0.3) is 0 Å². The monoisotopic (exact) mass is 397 g/mol. The van der Waals surface area contributed by atoms with Crippen LogP contribution in [-0.2, 0) is 4.79 Å². The fraction of sp³-hybridized carbons (Fsp3) is 0.133. The highest BCUT2D eigenvalue weighted by atomic mass is 79.9. The zero-order valence-electron chi connectivity index (χ0n) is 12.0. The predicted octanol–water partition coefficient (Wildman–Crippen LogP) is 2.49. The molecule has 0 saturated carbocycles. The molecule has 1 fully saturated rings. The first-order chi connectivity index (χ1) is 11.4. The van der Waals surface area contributed by atoms with Gasteiger partial charge in [-0.05, 0) is 34.1 Å². The second-order valence-corrected chi connectivity index (χ2v) is 5.99. The molecule has 3 rings (SSSR count). The van der Waals surface area contributed by atoms with E-state index in [1.54, 1.807) is 0 Å². The summed E-state index contributed by atoms with van der Waals surface area (Å²) in [6.07, 6.45) is 1.59. The van der Waals surface area contributed by atoms with E-state index in [9.17, 15) is 23.6 Å². The van der Waals surface area contributed by atoms with Crippen LogP contribution in [0.4, 0.5) is 8.78 Å². The van der Waals surface area contributed by atoms with E-state index in [-0.39, 0.29) is 0 Å². The van der Waals surface area contributed by atoms with Gasteiger partial charge >= 0.3 is 0 Å². The zero-order valence-corrected chi connectivity index (χ0v) is 13.6. The molecule has 6 nitrogen and oxygen atoms in total. The molecule has 0 aliphatic carbocycles. The Balaban J connectivity index is 2.05. The second-order valence-electron chi connectivity index (χ2n) is 5.08. The lowest BCUT2D eigenvalue weighted by atomic mass is 10.1. The molecule has 1 unspecified atom stereocenters. The molecule has 1 atom stereocenters. The summed E-state index contributed by atoms with van der Waals surface area (Å²) in [5, 5.41) is 10.3. The molecule has 0 bridgehead atoms. The molecule has 0 spiro atoms. The number of aromatic nitrogens is 1. The molecule has 9 heteroatoms. The Morgan fingerprint density at radius 1 is 1.29 bits per heavy atom. The summed E-state index contributed by atoms with van der Waals surface area (Å²) in [5.41, 5.74) is -0.476. The van der Waals surface area contributed by atoms with Crippen LogP contribution in [0.1, 0.15) is 22.1 Å². The van der Waals surface area contributed by atoms with Gasteiger partial charge in [0.15, 0.2) is 6.17 Å². The van der Waals surface area contributed by atoms with E-state index in [4.69, 9.17) is 0 Å². The number of benzene rings is 1. The van der Waals surface area contributed by atoms with E-state index in [0.717, 1.165) is 23.1 Å². The van der Waals surface area contributed by atoms with Crippen LogP contribution in [-0.4, -0.2) is 38.5 Å². The number of hydrogen-bond acceptors (Lipinski definition) is 4. The average Bonchev–Trinajstić information content (AvgIpc) is 2.82. The molecular formula is C15H10BrF2N3O3. The molecular weight excluding hydrogens is 388 g/mol. The summed E-state index contributed by atoms with van der Waals surface area (Å²) in [6, 6.07) is 4.56. The first-order valence-corrected chi connectivity index (χ1v) is 7.56. The molecule has 1 aromatic heterocycles. The quantitative estimate of drug-likeness (QED) is 0.790. The standard InChI is InChI=1S/C15H10BrF2N3O3/c16-9-4-8(5-19-6-9)14-20(7-12(22)21(14)24)15(23)13-10(17)2-1-3-11(13)18/h1-6,14,24H,7H2. The van der Waals surface area contributed by atoms with Crippen molar-refractivity contribution in [3.8, 4) is 0 Å². The van der Waals surface area contributed by atoms with Crippen molar-refractivity contribution in [2.45, 2.75) is 6.17 Å². The van der Waals surface area contributed by atoms with E-state index in [1.165, 1.54) is 18.5 Å². The Kier molecular flexibility index (Phi) is 4.29. The highest BCUT2D eigenvalue weighted by Crippen LogP contribution is 2.32. The molecule has 1 aliphatic heterocycles. The lowest BCUT2D eigenvalue weighted by molar-refractivity contribution is -0.168. The minimum atomic E-state index is -1.23. The van der Waals surface area contributed by atoms with E-state index in [2.05, 4.69) is 20.9 Å². The predicted molar refractivity (Wildman–Crippen MR) is 80.7 cm³/mol. The van der Waals surface area contributed by atoms with Gasteiger partial charge in [0.05, 0.1) is 0 Å². The number of hydrogen-bond donors (Lipinski definition) is 1. The summed E-state index contributed by atoms with van der Waals surface area (Å²) < 4.78 is 28.3. The van der Waals surface area contributed by atoms with Gasteiger partial charge < -0.3 is 4.90 Å². The van der Waals surface area contributed by atoms with Crippen LogP contribution >= 0.6 is 15.9 Å². The van der Waals surface area contributed by atoms with Crippen LogP contribution in [0.5, 0.6) is 0 Å². The maximum Gasteiger partial charge on any atom is 0.267 e. The van der Waals surface area contributed by atoms with Crippen LogP contribution in [0.3, 0.4) is 0 Å². The van der Waals surface area contributed by atoms with Crippen molar-refractivity contribution in [1.29, 1.82) is 0 Å². The highest BCUT2D eigenvalue weighted by Gasteiger charge is 2.43.